The lowest BCUT2D eigenvalue weighted by Crippen LogP contribution is -2.29. The van der Waals surface area contributed by atoms with E-state index in [2.05, 4.69) is 36.4 Å². The van der Waals surface area contributed by atoms with Crippen LogP contribution < -0.4 is 10.1 Å². The van der Waals surface area contributed by atoms with Crippen LogP contribution in [0.1, 0.15) is 25.5 Å². The van der Waals surface area contributed by atoms with E-state index in [4.69, 9.17) is 4.74 Å². The van der Waals surface area contributed by atoms with Gasteiger partial charge in [-0.15, -0.1) is 0 Å². The van der Waals surface area contributed by atoms with Gasteiger partial charge in [-0.2, -0.15) is 0 Å². The topological polar surface area (TPSA) is 24.5 Å². The smallest absolute Gasteiger partial charge is 0.127 e. The van der Waals surface area contributed by atoms with Crippen molar-refractivity contribution in [2.45, 2.75) is 19.9 Å². The Morgan fingerprint density at radius 2 is 1.45 bits per heavy atom. The zero-order valence-corrected chi connectivity index (χ0v) is 14.3. The van der Waals surface area contributed by atoms with Gasteiger partial charge in [0.05, 0.1) is 0 Å². The number of nitrogens with zero attached hydrogens (tertiary/aromatic N) is 1. The summed E-state index contributed by atoms with van der Waals surface area (Å²) < 4.78 is 5.80. The van der Waals surface area contributed by atoms with E-state index in [1.807, 2.05) is 63.4 Å². The molecule has 0 saturated heterocycles. The SMILES string of the molecule is CC.CNCC(c1ccc(Oc2ccccc2)cc1)N(C)C. The predicted molar refractivity (Wildman–Crippen MR) is 94.7 cm³/mol. The fourth-order valence-electron chi connectivity index (χ4n) is 2.17. The molecule has 0 amide bonds. The maximum absolute atomic E-state index is 5.80. The third-order valence-electron chi connectivity index (χ3n) is 3.26. The van der Waals surface area contributed by atoms with Gasteiger partial charge in [0.2, 0.25) is 0 Å². The van der Waals surface area contributed by atoms with E-state index >= 15 is 0 Å². The van der Waals surface area contributed by atoms with Crippen molar-refractivity contribution in [2.24, 2.45) is 0 Å². The molecule has 0 saturated carbocycles. The summed E-state index contributed by atoms with van der Waals surface area (Å²) in [4.78, 5) is 2.21. The quantitative estimate of drug-likeness (QED) is 0.859. The maximum Gasteiger partial charge on any atom is 0.127 e. The molecule has 0 aromatic heterocycles. The molecule has 3 nitrogen and oxygen atoms in total. The summed E-state index contributed by atoms with van der Waals surface area (Å²) in [5.41, 5.74) is 1.28. The molecule has 0 fully saturated rings. The Balaban J connectivity index is 0.00000116. The zero-order valence-electron chi connectivity index (χ0n) is 14.3. The summed E-state index contributed by atoms with van der Waals surface area (Å²) in [5, 5.41) is 3.23. The predicted octanol–water partition coefficient (Wildman–Crippen LogP) is 4.33. The Labute approximate surface area is 134 Å². The van der Waals surface area contributed by atoms with Crippen molar-refractivity contribution >= 4 is 0 Å². The molecule has 120 valence electrons. The molecular weight excluding hydrogens is 272 g/mol. The lowest BCUT2D eigenvalue weighted by atomic mass is 10.1. The van der Waals surface area contributed by atoms with Gasteiger partial charge in [-0.1, -0.05) is 44.2 Å². The van der Waals surface area contributed by atoms with Crippen molar-refractivity contribution in [1.29, 1.82) is 0 Å². The molecule has 0 bridgehead atoms. The minimum atomic E-state index is 0.366. The van der Waals surface area contributed by atoms with Crippen molar-refractivity contribution in [3.63, 3.8) is 0 Å². The molecule has 0 aliphatic heterocycles. The summed E-state index contributed by atoms with van der Waals surface area (Å²) in [6, 6.07) is 18.5. The molecule has 0 heterocycles. The van der Waals surface area contributed by atoms with E-state index < -0.39 is 0 Å². The summed E-state index contributed by atoms with van der Waals surface area (Å²) >= 11 is 0. The van der Waals surface area contributed by atoms with E-state index in [9.17, 15) is 0 Å². The Bertz CT molecular complexity index is 509. The first kappa shape index (κ1) is 18.2. The second-order valence-electron chi connectivity index (χ2n) is 5.02. The highest BCUT2D eigenvalue weighted by Crippen LogP contribution is 2.24. The van der Waals surface area contributed by atoms with E-state index in [0.29, 0.717) is 6.04 Å². The molecule has 0 aliphatic rings. The second-order valence-corrected chi connectivity index (χ2v) is 5.02. The third-order valence-corrected chi connectivity index (χ3v) is 3.26. The number of nitrogens with one attached hydrogen (secondary N) is 1. The first-order valence-electron chi connectivity index (χ1n) is 7.84. The Hall–Kier alpha value is -1.84. The first-order chi connectivity index (χ1) is 10.7. The Kier molecular flexibility index (Phi) is 8.26. The van der Waals surface area contributed by atoms with Crippen LogP contribution in [0, 0.1) is 0 Å². The zero-order chi connectivity index (χ0) is 16.4. The molecule has 0 radical (unpaired) electrons. The molecule has 0 aliphatic carbocycles. The van der Waals surface area contributed by atoms with Gasteiger partial charge in [0.1, 0.15) is 11.5 Å². The van der Waals surface area contributed by atoms with Gasteiger partial charge in [-0.05, 0) is 51.0 Å². The van der Waals surface area contributed by atoms with Crippen LogP contribution in [0.3, 0.4) is 0 Å². The number of likely N-dealkylation sites (N-methyl/N-ethyl adjacent to an activating group) is 2. The van der Waals surface area contributed by atoms with Crippen LogP contribution in [-0.2, 0) is 0 Å². The summed E-state index contributed by atoms with van der Waals surface area (Å²) in [5.74, 6) is 1.72. The highest BCUT2D eigenvalue weighted by atomic mass is 16.5. The van der Waals surface area contributed by atoms with Crippen LogP contribution in [0.2, 0.25) is 0 Å². The van der Waals surface area contributed by atoms with Crippen LogP contribution in [0.15, 0.2) is 54.6 Å². The monoisotopic (exact) mass is 300 g/mol. The molecule has 1 N–H and O–H groups in total. The number of ether oxygens (including phenoxy) is 1. The Morgan fingerprint density at radius 1 is 0.909 bits per heavy atom. The fraction of sp³-hybridized carbons (Fsp3) is 0.368. The third kappa shape index (κ3) is 5.51. The average molecular weight is 300 g/mol. The standard InChI is InChI=1S/C17H22N2O.C2H6/c1-18-13-17(19(2)3)14-9-11-16(12-10-14)20-15-7-5-4-6-8-15;1-2/h4-12,17-18H,13H2,1-3H3;1-2H3. The minimum absolute atomic E-state index is 0.366. The molecule has 2 aromatic rings. The number of benzene rings is 2. The molecular formula is C19H28N2O. The van der Waals surface area contributed by atoms with E-state index in [1.165, 1.54) is 5.56 Å². The minimum Gasteiger partial charge on any atom is -0.457 e. The summed E-state index contributed by atoms with van der Waals surface area (Å²) in [7, 11) is 6.16. The molecule has 2 aromatic carbocycles. The van der Waals surface area contributed by atoms with Crippen molar-refractivity contribution in [3.05, 3.63) is 60.2 Å². The number of rotatable bonds is 6. The second kappa shape index (κ2) is 9.98. The number of para-hydroxylation sites is 1. The maximum atomic E-state index is 5.80. The largest absolute Gasteiger partial charge is 0.457 e. The van der Waals surface area contributed by atoms with E-state index in [-0.39, 0.29) is 0 Å². The number of hydrogen-bond acceptors (Lipinski definition) is 3. The Morgan fingerprint density at radius 3 is 1.95 bits per heavy atom. The van der Waals surface area contributed by atoms with Crippen molar-refractivity contribution < 1.29 is 4.74 Å². The van der Waals surface area contributed by atoms with Crippen LogP contribution in [0.25, 0.3) is 0 Å². The van der Waals surface area contributed by atoms with Gasteiger partial charge in [0.25, 0.3) is 0 Å². The van der Waals surface area contributed by atoms with Crippen molar-refractivity contribution in [2.75, 3.05) is 27.7 Å². The lowest BCUT2D eigenvalue weighted by Gasteiger charge is -2.24. The van der Waals surface area contributed by atoms with Gasteiger partial charge >= 0.3 is 0 Å². The van der Waals surface area contributed by atoms with Crippen LogP contribution in [0.5, 0.6) is 11.5 Å². The number of hydrogen-bond donors (Lipinski definition) is 1. The van der Waals surface area contributed by atoms with Gasteiger partial charge in [-0.25, -0.2) is 0 Å². The van der Waals surface area contributed by atoms with Crippen LogP contribution in [-0.4, -0.2) is 32.6 Å². The lowest BCUT2D eigenvalue weighted by molar-refractivity contribution is 0.293. The van der Waals surface area contributed by atoms with Gasteiger partial charge in [0, 0.05) is 12.6 Å². The molecule has 0 spiro atoms. The van der Waals surface area contributed by atoms with Gasteiger partial charge in [0.15, 0.2) is 0 Å². The molecule has 1 atom stereocenters. The highest BCUT2D eigenvalue weighted by Gasteiger charge is 2.12. The van der Waals surface area contributed by atoms with E-state index in [0.717, 1.165) is 18.0 Å². The summed E-state index contributed by atoms with van der Waals surface area (Å²) in [6.45, 7) is 4.92. The molecule has 22 heavy (non-hydrogen) atoms. The molecule has 2 rings (SSSR count). The van der Waals surface area contributed by atoms with Crippen LogP contribution >= 0.6 is 0 Å². The van der Waals surface area contributed by atoms with Crippen LogP contribution in [0.4, 0.5) is 0 Å². The molecule has 3 heteroatoms. The van der Waals surface area contributed by atoms with E-state index in [1.54, 1.807) is 0 Å². The van der Waals surface area contributed by atoms with Gasteiger partial charge in [-0.3, -0.25) is 0 Å². The summed E-state index contributed by atoms with van der Waals surface area (Å²) in [6.07, 6.45) is 0. The highest BCUT2D eigenvalue weighted by molar-refractivity contribution is 5.34. The van der Waals surface area contributed by atoms with Gasteiger partial charge < -0.3 is 15.0 Å². The fourth-order valence-corrected chi connectivity index (χ4v) is 2.17. The first-order valence-corrected chi connectivity index (χ1v) is 7.84. The normalized spacial score (nSPS) is 11.5. The van der Waals surface area contributed by atoms with Crippen molar-refractivity contribution in [3.8, 4) is 11.5 Å². The molecule has 1 unspecified atom stereocenters. The average Bonchev–Trinajstić information content (AvgIpc) is 2.56. The van der Waals surface area contributed by atoms with Crippen molar-refractivity contribution in [1.82, 2.24) is 10.2 Å².